The number of hydrogen-bond donors (Lipinski definition) is 3. The fraction of sp³-hybridized carbons (Fsp3) is 0.467. The minimum Gasteiger partial charge on any atom is -0.375 e. The highest BCUT2D eigenvalue weighted by Crippen LogP contribution is 2.32. The summed E-state index contributed by atoms with van der Waals surface area (Å²) in [6, 6.07) is 4.62. The van der Waals surface area contributed by atoms with Crippen molar-refractivity contribution in [1.29, 1.82) is 0 Å². The van der Waals surface area contributed by atoms with Crippen LogP contribution in [-0.2, 0) is 9.59 Å². The lowest BCUT2D eigenvalue weighted by molar-refractivity contribution is -0.125. The summed E-state index contributed by atoms with van der Waals surface area (Å²) in [6.45, 7) is 3.55. The summed E-state index contributed by atoms with van der Waals surface area (Å²) in [5.74, 6) is -0.671. The molecule has 7 heteroatoms. The molecule has 1 aromatic carbocycles. The van der Waals surface area contributed by atoms with E-state index in [9.17, 15) is 9.59 Å². The molecule has 0 spiro atoms. The number of anilines is 2. The molecule has 2 amide bonds. The third-order valence-electron chi connectivity index (χ3n) is 3.15. The van der Waals surface area contributed by atoms with Crippen molar-refractivity contribution in [3.05, 3.63) is 23.2 Å². The van der Waals surface area contributed by atoms with Crippen LogP contribution >= 0.6 is 11.6 Å². The molecular formula is C15H23ClN4O2. The van der Waals surface area contributed by atoms with Crippen LogP contribution in [0.4, 0.5) is 11.4 Å². The molecule has 1 aromatic rings. The highest BCUT2D eigenvalue weighted by Gasteiger charge is 2.18. The molecule has 4 N–H and O–H groups in total. The fourth-order valence-electron chi connectivity index (χ4n) is 1.85. The molecular weight excluding hydrogens is 304 g/mol. The first-order chi connectivity index (χ1) is 10.2. The van der Waals surface area contributed by atoms with Gasteiger partial charge in [-0.05, 0) is 18.1 Å². The molecule has 0 bridgehead atoms. The van der Waals surface area contributed by atoms with Gasteiger partial charge in [-0.25, -0.2) is 0 Å². The highest BCUT2D eigenvalue weighted by molar-refractivity contribution is 6.34. The van der Waals surface area contributed by atoms with E-state index in [1.165, 1.54) is 0 Å². The average molecular weight is 327 g/mol. The molecule has 6 nitrogen and oxygen atoms in total. The first kappa shape index (κ1) is 18.3. The van der Waals surface area contributed by atoms with Crippen LogP contribution in [0.3, 0.4) is 0 Å². The minimum absolute atomic E-state index is 0.0105. The Morgan fingerprint density at radius 1 is 1.32 bits per heavy atom. The first-order valence-corrected chi connectivity index (χ1v) is 7.40. The van der Waals surface area contributed by atoms with Crippen LogP contribution in [0.15, 0.2) is 18.2 Å². The minimum atomic E-state index is -0.628. The topological polar surface area (TPSA) is 87.5 Å². The summed E-state index contributed by atoms with van der Waals surface area (Å²) < 4.78 is 0. The Balaban J connectivity index is 2.67. The van der Waals surface area contributed by atoms with Gasteiger partial charge in [-0.1, -0.05) is 31.5 Å². The summed E-state index contributed by atoms with van der Waals surface area (Å²) in [4.78, 5) is 25.5. The first-order valence-electron chi connectivity index (χ1n) is 7.03. The standard InChI is InChI=1S/C15H23ClN4O2/c1-9(2)13(17)15(22)18-8-12(21)19-11-7-5-6-10(16)14(11)20(3)4/h5-7,9,13H,8,17H2,1-4H3,(H,18,22)(H,19,21)/t13-/m0/s1. The maximum absolute atomic E-state index is 12.0. The molecule has 0 heterocycles. The monoisotopic (exact) mass is 326 g/mol. The molecule has 0 aliphatic rings. The zero-order valence-corrected chi connectivity index (χ0v) is 14.1. The van der Waals surface area contributed by atoms with Crippen LogP contribution in [0.25, 0.3) is 0 Å². The van der Waals surface area contributed by atoms with Gasteiger partial charge in [0.2, 0.25) is 11.8 Å². The van der Waals surface area contributed by atoms with E-state index in [2.05, 4.69) is 10.6 Å². The van der Waals surface area contributed by atoms with E-state index in [-0.39, 0.29) is 24.3 Å². The number of nitrogens with zero attached hydrogens (tertiary/aromatic N) is 1. The molecule has 1 rings (SSSR count). The second-order valence-electron chi connectivity index (χ2n) is 5.57. The molecule has 22 heavy (non-hydrogen) atoms. The number of rotatable bonds is 6. The van der Waals surface area contributed by atoms with Crippen LogP contribution in [0, 0.1) is 5.92 Å². The van der Waals surface area contributed by atoms with Crippen molar-refractivity contribution in [3.8, 4) is 0 Å². The number of carbonyl (C=O) groups is 2. The number of halogens is 1. The zero-order chi connectivity index (χ0) is 16.9. The van der Waals surface area contributed by atoms with Gasteiger partial charge in [-0.3, -0.25) is 9.59 Å². The van der Waals surface area contributed by atoms with Crippen LogP contribution in [0.1, 0.15) is 13.8 Å². The number of carbonyl (C=O) groups excluding carboxylic acids is 2. The Bertz CT molecular complexity index is 546. The van der Waals surface area contributed by atoms with Crippen molar-refractivity contribution in [1.82, 2.24) is 5.32 Å². The van der Waals surface area contributed by atoms with Crippen molar-refractivity contribution in [2.45, 2.75) is 19.9 Å². The third kappa shape index (κ3) is 4.89. The number of para-hydroxylation sites is 1. The molecule has 0 saturated carbocycles. The number of hydrogen-bond acceptors (Lipinski definition) is 4. The normalized spacial score (nSPS) is 12.0. The highest BCUT2D eigenvalue weighted by atomic mass is 35.5. The zero-order valence-electron chi connectivity index (χ0n) is 13.3. The maximum atomic E-state index is 12.0. The van der Waals surface area contributed by atoms with E-state index in [0.717, 1.165) is 0 Å². The van der Waals surface area contributed by atoms with Crippen molar-refractivity contribution < 1.29 is 9.59 Å². The molecule has 0 unspecified atom stereocenters. The molecule has 0 aliphatic heterocycles. The lowest BCUT2D eigenvalue weighted by Crippen LogP contribution is -2.46. The number of benzene rings is 1. The largest absolute Gasteiger partial charge is 0.375 e. The van der Waals surface area contributed by atoms with Gasteiger partial charge >= 0.3 is 0 Å². The van der Waals surface area contributed by atoms with Crippen molar-refractivity contribution in [2.24, 2.45) is 11.7 Å². The van der Waals surface area contributed by atoms with Gasteiger partial charge in [0.25, 0.3) is 0 Å². The molecule has 0 fully saturated rings. The SMILES string of the molecule is CC(C)[C@H](N)C(=O)NCC(=O)Nc1cccc(Cl)c1N(C)C. The molecule has 0 radical (unpaired) electrons. The van der Waals surface area contributed by atoms with Gasteiger partial charge in [0.1, 0.15) is 0 Å². The van der Waals surface area contributed by atoms with E-state index in [0.29, 0.717) is 16.4 Å². The van der Waals surface area contributed by atoms with E-state index >= 15 is 0 Å². The maximum Gasteiger partial charge on any atom is 0.243 e. The lowest BCUT2D eigenvalue weighted by Gasteiger charge is -2.20. The van der Waals surface area contributed by atoms with Crippen LogP contribution in [0.5, 0.6) is 0 Å². The molecule has 0 saturated heterocycles. The number of nitrogens with one attached hydrogen (secondary N) is 2. The second-order valence-corrected chi connectivity index (χ2v) is 5.97. The molecule has 1 atom stereocenters. The Hall–Kier alpha value is -1.79. The number of amides is 2. The number of nitrogens with two attached hydrogens (primary N) is 1. The van der Waals surface area contributed by atoms with Gasteiger partial charge < -0.3 is 21.3 Å². The van der Waals surface area contributed by atoms with Gasteiger partial charge in [0.15, 0.2) is 0 Å². The smallest absolute Gasteiger partial charge is 0.243 e. The summed E-state index contributed by atoms with van der Waals surface area (Å²) in [5, 5.41) is 5.80. The van der Waals surface area contributed by atoms with Crippen LogP contribution in [-0.4, -0.2) is 38.5 Å². The summed E-state index contributed by atoms with van der Waals surface area (Å²) in [7, 11) is 3.67. The van der Waals surface area contributed by atoms with Crippen molar-refractivity contribution in [2.75, 3.05) is 30.9 Å². The Morgan fingerprint density at radius 2 is 1.95 bits per heavy atom. The predicted octanol–water partition coefficient (Wildman–Crippen LogP) is 1.44. The van der Waals surface area contributed by atoms with E-state index in [1.54, 1.807) is 18.2 Å². The quantitative estimate of drug-likeness (QED) is 0.738. The van der Waals surface area contributed by atoms with E-state index < -0.39 is 6.04 Å². The Kier molecular flexibility index (Phi) is 6.64. The van der Waals surface area contributed by atoms with E-state index in [1.807, 2.05) is 32.8 Å². The van der Waals surface area contributed by atoms with Gasteiger partial charge in [0.05, 0.1) is 29.0 Å². The van der Waals surface area contributed by atoms with Gasteiger partial charge in [-0.15, -0.1) is 0 Å². The van der Waals surface area contributed by atoms with Crippen molar-refractivity contribution in [3.63, 3.8) is 0 Å². The van der Waals surface area contributed by atoms with Gasteiger partial charge in [0, 0.05) is 14.1 Å². The molecule has 0 aromatic heterocycles. The van der Waals surface area contributed by atoms with Crippen LogP contribution in [0.2, 0.25) is 5.02 Å². The van der Waals surface area contributed by atoms with E-state index in [4.69, 9.17) is 17.3 Å². The molecule has 0 aliphatic carbocycles. The molecule has 122 valence electrons. The summed E-state index contributed by atoms with van der Waals surface area (Å²) in [6.07, 6.45) is 0. The van der Waals surface area contributed by atoms with Crippen LogP contribution < -0.4 is 21.3 Å². The predicted molar refractivity (Wildman–Crippen MR) is 90.2 cm³/mol. The lowest BCUT2D eigenvalue weighted by atomic mass is 10.1. The third-order valence-corrected chi connectivity index (χ3v) is 3.46. The fourth-order valence-corrected chi connectivity index (χ4v) is 2.20. The summed E-state index contributed by atoms with van der Waals surface area (Å²) >= 11 is 6.13. The average Bonchev–Trinajstić information content (AvgIpc) is 2.43. The second kappa shape index (κ2) is 8.00. The van der Waals surface area contributed by atoms with Crippen molar-refractivity contribution >= 4 is 34.8 Å². The summed E-state index contributed by atoms with van der Waals surface area (Å²) in [5.41, 5.74) is 7.01. The Morgan fingerprint density at radius 3 is 2.50 bits per heavy atom. The van der Waals surface area contributed by atoms with Gasteiger partial charge in [-0.2, -0.15) is 0 Å². The Labute approximate surface area is 136 Å².